The molecule has 3 rings (SSSR count). The van der Waals surface area contributed by atoms with Gasteiger partial charge in [-0.3, -0.25) is 4.79 Å². The first kappa shape index (κ1) is 16.0. The Hall–Kier alpha value is -1.86. The Balaban J connectivity index is 1.47. The summed E-state index contributed by atoms with van der Waals surface area (Å²) < 4.78 is 0. The van der Waals surface area contributed by atoms with E-state index < -0.39 is 0 Å². The van der Waals surface area contributed by atoms with Crippen LogP contribution in [0.25, 0.3) is 0 Å². The number of benzene rings is 1. The van der Waals surface area contributed by atoms with Crippen molar-refractivity contribution in [3.63, 3.8) is 0 Å². The molecule has 5 heteroatoms. The van der Waals surface area contributed by atoms with Gasteiger partial charge in [-0.25, -0.2) is 0 Å². The second kappa shape index (κ2) is 6.33. The van der Waals surface area contributed by atoms with Gasteiger partial charge in [-0.15, -0.1) is 12.3 Å². The Morgan fingerprint density at radius 1 is 1.35 bits per heavy atom. The van der Waals surface area contributed by atoms with Crippen molar-refractivity contribution in [3.05, 3.63) is 34.9 Å². The molecular weight excluding hydrogens is 310 g/mol. The number of halogens is 1. The fourth-order valence-electron chi connectivity index (χ4n) is 2.87. The lowest BCUT2D eigenvalue weighted by atomic mass is 10.0. The van der Waals surface area contributed by atoms with Crippen molar-refractivity contribution in [2.75, 3.05) is 0 Å². The van der Waals surface area contributed by atoms with Crippen LogP contribution in [0.4, 0.5) is 0 Å². The predicted octanol–water partition coefficient (Wildman–Crippen LogP) is 3.89. The zero-order valence-electron chi connectivity index (χ0n) is 13.0. The van der Waals surface area contributed by atoms with Crippen LogP contribution in [0.5, 0.6) is 0 Å². The summed E-state index contributed by atoms with van der Waals surface area (Å²) in [6.45, 7) is 0. The monoisotopic (exact) mass is 329 g/mol. The number of hydrogen-bond donors (Lipinski definition) is 1. The van der Waals surface area contributed by atoms with E-state index in [9.17, 15) is 4.79 Å². The summed E-state index contributed by atoms with van der Waals surface area (Å²) in [6.07, 6.45) is 10.6. The van der Waals surface area contributed by atoms with E-state index >= 15 is 0 Å². The number of terminal acetylenes is 1. The van der Waals surface area contributed by atoms with Crippen LogP contribution in [-0.2, 0) is 11.2 Å². The van der Waals surface area contributed by atoms with Crippen molar-refractivity contribution < 1.29 is 4.79 Å². The van der Waals surface area contributed by atoms with Gasteiger partial charge in [0, 0.05) is 36.2 Å². The van der Waals surface area contributed by atoms with Gasteiger partial charge in [-0.2, -0.15) is 10.2 Å². The molecule has 0 unspecified atom stereocenters. The first-order valence-electron chi connectivity index (χ1n) is 7.98. The minimum atomic E-state index is -0.382. The standard InChI is InChI=1S/C18H20ClN3O/c1-2-3-8-18(21-22-18)9-7-16(23)20-17(10-11-17)13-14-5-4-6-15(19)12-14/h1,4-6,12H,3,7-11,13H2,(H,20,23). The summed E-state index contributed by atoms with van der Waals surface area (Å²) >= 11 is 6.03. The molecular formula is C18H20ClN3O. The van der Waals surface area contributed by atoms with E-state index in [0.717, 1.165) is 36.3 Å². The van der Waals surface area contributed by atoms with Crippen molar-refractivity contribution in [2.24, 2.45) is 10.2 Å². The summed E-state index contributed by atoms with van der Waals surface area (Å²) in [5.41, 5.74) is 0.687. The predicted molar refractivity (Wildman–Crippen MR) is 90.2 cm³/mol. The highest BCUT2D eigenvalue weighted by Gasteiger charge is 2.45. The summed E-state index contributed by atoms with van der Waals surface area (Å²) in [4.78, 5) is 12.2. The van der Waals surface area contributed by atoms with E-state index in [2.05, 4.69) is 27.5 Å². The molecule has 1 aliphatic heterocycles. The molecule has 0 atom stereocenters. The third-order valence-corrected chi connectivity index (χ3v) is 4.73. The van der Waals surface area contributed by atoms with Crippen molar-refractivity contribution in [2.45, 2.75) is 56.1 Å². The topological polar surface area (TPSA) is 53.8 Å². The Morgan fingerprint density at radius 3 is 2.74 bits per heavy atom. The summed E-state index contributed by atoms with van der Waals surface area (Å²) in [6, 6.07) is 7.82. The number of amides is 1. The lowest BCUT2D eigenvalue weighted by Gasteiger charge is -2.18. The van der Waals surface area contributed by atoms with Crippen LogP contribution in [-0.4, -0.2) is 17.1 Å². The van der Waals surface area contributed by atoms with Gasteiger partial charge in [0.25, 0.3) is 0 Å². The number of carbonyl (C=O) groups excluding carboxylic acids is 1. The van der Waals surface area contributed by atoms with E-state index in [1.54, 1.807) is 0 Å². The number of nitrogens with zero attached hydrogens (tertiary/aromatic N) is 2. The minimum Gasteiger partial charge on any atom is -0.350 e. The quantitative estimate of drug-likeness (QED) is 0.723. The first-order valence-corrected chi connectivity index (χ1v) is 8.36. The van der Waals surface area contributed by atoms with Gasteiger partial charge < -0.3 is 5.32 Å². The maximum absolute atomic E-state index is 12.2. The van der Waals surface area contributed by atoms with Gasteiger partial charge in [0.05, 0.1) is 0 Å². The van der Waals surface area contributed by atoms with Crippen molar-refractivity contribution in [3.8, 4) is 12.3 Å². The molecule has 1 N–H and O–H groups in total. The molecule has 23 heavy (non-hydrogen) atoms. The van der Waals surface area contributed by atoms with E-state index in [4.69, 9.17) is 18.0 Å². The van der Waals surface area contributed by atoms with E-state index in [1.807, 2.05) is 18.2 Å². The molecule has 1 amide bonds. The Morgan fingerprint density at radius 2 is 2.13 bits per heavy atom. The second-order valence-electron chi connectivity index (χ2n) is 6.52. The van der Waals surface area contributed by atoms with E-state index in [0.29, 0.717) is 19.3 Å². The van der Waals surface area contributed by atoms with Crippen LogP contribution in [0, 0.1) is 12.3 Å². The minimum absolute atomic E-state index is 0.0712. The molecule has 0 aromatic heterocycles. The molecule has 0 bridgehead atoms. The molecule has 1 heterocycles. The number of carbonyl (C=O) groups is 1. The summed E-state index contributed by atoms with van der Waals surface area (Å²) in [5.74, 6) is 2.67. The molecule has 0 radical (unpaired) electrons. The molecule has 2 aliphatic rings. The van der Waals surface area contributed by atoms with Gasteiger partial charge in [-0.1, -0.05) is 23.7 Å². The SMILES string of the molecule is C#CCCC1(CCC(=O)NC2(Cc3cccc(Cl)c3)CC2)N=N1. The smallest absolute Gasteiger partial charge is 0.220 e. The van der Waals surface area contributed by atoms with Gasteiger partial charge in [0.2, 0.25) is 5.91 Å². The largest absolute Gasteiger partial charge is 0.350 e. The highest BCUT2D eigenvalue weighted by atomic mass is 35.5. The lowest BCUT2D eigenvalue weighted by molar-refractivity contribution is -0.122. The molecule has 0 saturated heterocycles. The normalized spacial score (nSPS) is 19.0. The van der Waals surface area contributed by atoms with Crippen molar-refractivity contribution in [1.29, 1.82) is 0 Å². The fourth-order valence-corrected chi connectivity index (χ4v) is 3.09. The molecule has 1 fully saturated rings. The van der Waals surface area contributed by atoms with Crippen LogP contribution >= 0.6 is 11.6 Å². The van der Waals surface area contributed by atoms with E-state index in [1.165, 1.54) is 0 Å². The van der Waals surface area contributed by atoms with Gasteiger partial charge in [0.15, 0.2) is 5.66 Å². The summed E-state index contributed by atoms with van der Waals surface area (Å²) in [7, 11) is 0. The average Bonchev–Trinajstić information content (AvgIpc) is 3.42. The molecule has 1 aromatic rings. The van der Waals surface area contributed by atoms with Crippen molar-refractivity contribution in [1.82, 2.24) is 5.32 Å². The third-order valence-electron chi connectivity index (χ3n) is 4.49. The zero-order valence-corrected chi connectivity index (χ0v) is 13.8. The Labute approximate surface area is 141 Å². The number of hydrogen-bond acceptors (Lipinski definition) is 3. The second-order valence-corrected chi connectivity index (χ2v) is 6.96. The molecule has 0 spiro atoms. The summed E-state index contributed by atoms with van der Waals surface area (Å²) in [5, 5.41) is 12.1. The molecule has 120 valence electrons. The van der Waals surface area contributed by atoms with Crippen LogP contribution in [0.15, 0.2) is 34.5 Å². The van der Waals surface area contributed by atoms with Crippen LogP contribution in [0.3, 0.4) is 0 Å². The van der Waals surface area contributed by atoms with Gasteiger partial charge in [0.1, 0.15) is 0 Å². The van der Waals surface area contributed by atoms with Crippen LogP contribution in [0.1, 0.15) is 44.1 Å². The highest BCUT2D eigenvalue weighted by molar-refractivity contribution is 6.30. The molecule has 1 aliphatic carbocycles. The molecule has 1 saturated carbocycles. The molecule has 1 aromatic carbocycles. The Bertz CT molecular complexity index is 667. The highest BCUT2D eigenvalue weighted by Crippen LogP contribution is 2.40. The zero-order chi connectivity index (χ0) is 16.3. The Kier molecular flexibility index (Phi) is 4.41. The first-order chi connectivity index (χ1) is 11.0. The van der Waals surface area contributed by atoms with E-state index in [-0.39, 0.29) is 17.1 Å². The van der Waals surface area contributed by atoms with Crippen LogP contribution in [0.2, 0.25) is 5.02 Å². The fraction of sp³-hybridized carbons (Fsp3) is 0.500. The third kappa shape index (κ3) is 4.33. The average molecular weight is 330 g/mol. The van der Waals surface area contributed by atoms with Crippen LogP contribution < -0.4 is 5.32 Å². The number of rotatable bonds is 8. The molecule has 4 nitrogen and oxygen atoms in total. The van der Waals surface area contributed by atoms with Crippen molar-refractivity contribution >= 4 is 17.5 Å². The maximum atomic E-state index is 12.2. The van der Waals surface area contributed by atoms with Gasteiger partial charge in [-0.05, 0) is 37.0 Å². The lowest BCUT2D eigenvalue weighted by Crippen LogP contribution is -2.38. The van der Waals surface area contributed by atoms with Gasteiger partial charge >= 0.3 is 0 Å². The number of nitrogens with one attached hydrogen (secondary N) is 1. The maximum Gasteiger partial charge on any atom is 0.220 e.